The van der Waals surface area contributed by atoms with Crippen LogP contribution in [0.2, 0.25) is 0 Å². The molecule has 3 rings (SSSR count). The molecule has 1 heterocycles. The third kappa shape index (κ3) is 11.6. The van der Waals surface area contributed by atoms with Crippen LogP contribution in [0.4, 0.5) is 4.79 Å². The van der Waals surface area contributed by atoms with Crippen molar-refractivity contribution in [3.8, 4) is 17.2 Å². The number of carbonyl (C=O) groups is 1. The zero-order valence-electron chi connectivity index (χ0n) is 28.2. The normalized spacial score (nSPS) is 17.8. The molecule has 258 valence electrons. The van der Waals surface area contributed by atoms with E-state index in [1.165, 1.54) is 11.1 Å². The Bertz CT molecular complexity index is 1290. The fourth-order valence-electron chi connectivity index (χ4n) is 5.71. The fraction of sp³-hybridized carbons (Fsp3) is 0.618. The van der Waals surface area contributed by atoms with Gasteiger partial charge in [-0.2, -0.15) is 0 Å². The molecule has 0 fully saturated rings. The van der Waals surface area contributed by atoms with Crippen LogP contribution in [-0.2, 0) is 30.5 Å². The summed E-state index contributed by atoms with van der Waals surface area (Å²) in [6, 6.07) is 14.3. The van der Waals surface area contributed by atoms with Gasteiger partial charge < -0.3 is 28.4 Å². The first kappa shape index (κ1) is 37.4. The molecule has 2 aromatic rings. The molecule has 1 N–H and O–H groups in total. The highest BCUT2D eigenvalue weighted by Gasteiger charge is 2.42. The highest BCUT2D eigenvalue weighted by atomic mass is 32.2. The van der Waals surface area contributed by atoms with Crippen LogP contribution in [0, 0.1) is 0 Å². The van der Waals surface area contributed by atoms with E-state index >= 15 is 0 Å². The van der Waals surface area contributed by atoms with Gasteiger partial charge in [0.15, 0.2) is 13.6 Å². The average molecular weight is 665 g/mol. The highest BCUT2D eigenvalue weighted by Crippen LogP contribution is 2.50. The summed E-state index contributed by atoms with van der Waals surface area (Å²) in [5.41, 5.74) is 3.76. The van der Waals surface area contributed by atoms with Gasteiger partial charge in [0, 0.05) is 38.2 Å². The lowest BCUT2D eigenvalue weighted by atomic mass is 9.66. The van der Waals surface area contributed by atoms with Crippen molar-refractivity contribution in [2.45, 2.75) is 96.0 Å². The van der Waals surface area contributed by atoms with Crippen LogP contribution in [0.5, 0.6) is 17.2 Å². The first-order chi connectivity index (χ1) is 22.0. The average Bonchev–Trinajstić information content (AvgIpc) is 3.01. The number of hydrazine groups is 1. The Labute approximate surface area is 275 Å². The van der Waals surface area contributed by atoms with Crippen molar-refractivity contribution in [1.29, 1.82) is 0 Å². The fourth-order valence-corrected chi connectivity index (χ4v) is 6.18. The second-order valence-electron chi connectivity index (χ2n) is 12.8. The van der Waals surface area contributed by atoms with E-state index in [2.05, 4.69) is 30.5 Å². The molecule has 0 aromatic heterocycles. The standard InChI is InChI=1S/C34H52N2O9S/c1-33(2,3)45-32(37)35-36(46(38)39)21-13-11-9-7-8-10-12-14-30-29-20-19-28(44-25-41-6)22-31(29)42-23-34(30,4)26-15-17-27(18-16-26)43-24-40-5/h15-20,22,30,46H,7-14,21,23-25H2,1-6H3,(H,35,37). The zero-order valence-corrected chi connectivity index (χ0v) is 29.1. The number of fused-ring (bicyclic) bond motifs is 1. The smallest absolute Gasteiger partial charge is 0.423 e. The van der Waals surface area contributed by atoms with E-state index in [0.29, 0.717) is 18.8 Å². The van der Waals surface area contributed by atoms with Crippen molar-refractivity contribution in [3.05, 3.63) is 53.6 Å². The largest absolute Gasteiger partial charge is 0.492 e. The van der Waals surface area contributed by atoms with E-state index in [-0.39, 0.29) is 31.5 Å². The number of nitrogens with zero attached hydrogens (tertiary/aromatic N) is 1. The lowest BCUT2D eigenvalue weighted by Crippen LogP contribution is -2.44. The maximum Gasteiger partial charge on any atom is 0.423 e. The summed E-state index contributed by atoms with van der Waals surface area (Å²) >= 11 is 0. The number of unbranched alkanes of at least 4 members (excludes halogenated alkanes) is 6. The summed E-state index contributed by atoms with van der Waals surface area (Å²) in [6.07, 6.45) is 7.08. The lowest BCUT2D eigenvalue weighted by Gasteiger charge is -2.43. The first-order valence-electron chi connectivity index (χ1n) is 16.0. The Morgan fingerprint density at radius 3 is 2.11 bits per heavy atom. The number of hydrogen-bond acceptors (Lipinski definition) is 9. The van der Waals surface area contributed by atoms with Gasteiger partial charge >= 0.3 is 6.09 Å². The summed E-state index contributed by atoms with van der Waals surface area (Å²) in [6.45, 7) is 8.60. The Morgan fingerprint density at radius 1 is 0.913 bits per heavy atom. The molecule has 0 saturated carbocycles. The van der Waals surface area contributed by atoms with Crippen molar-refractivity contribution in [2.75, 3.05) is 41.0 Å². The Hall–Kier alpha value is -3.06. The van der Waals surface area contributed by atoms with Gasteiger partial charge in [0.05, 0.1) is 6.61 Å². The summed E-state index contributed by atoms with van der Waals surface area (Å²) in [5, 5.41) is 0. The van der Waals surface area contributed by atoms with Crippen molar-refractivity contribution in [2.24, 2.45) is 0 Å². The Balaban J connectivity index is 1.53. The molecule has 1 aliphatic rings. The SMILES string of the molecule is COCOc1ccc(C2(C)COc3cc(OCOC)ccc3C2CCCCCCCCCN(NC(=O)OC(C)(C)C)[SH](=O)=O)cc1. The maximum absolute atomic E-state index is 11.9. The van der Waals surface area contributed by atoms with Crippen LogP contribution in [0.15, 0.2) is 42.5 Å². The number of carbonyl (C=O) groups excluding carboxylic acids is 1. The molecule has 0 bridgehead atoms. The number of thiol groups is 1. The van der Waals surface area contributed by atoms with Crippen LogP contribution in [-0.4, -0.2) is 65.5 Å². The van der Waals surface area contributed by atoms with Crippen molar-refractivity contribution in [3.63, 3.8) is 0 Å². The van der Waals surface area contributed by atoms with Crippen LogP contribution >= 0.6 is 0 Å². The number of ether oxygens (including phenoxy) is 6. The van der Waals surface area contributed by atoms with Crippen molar-refractivity contribution < 1.29 is 41.6 Å². The Morgan fingerprint density at radius 2 is 1.50 bits per heavy atom. The third-order valence-electron chi connectivity index (χ3n) is 8.04. The van der Waals surface area contributed by atoms with E-state index < -0.39 is 22.6 Å². The van der Waals surface area contributed by atoms with E-state index in [1.54, 1.807) is 35.0 Å². The first-order valence-corrected chi connectivity index (χ1v) is 17.1. The van der Waals surface area contributed by atoms with Gasteiger partial charge in [-0.1, -0.05) is 63.6 Å². The van der Waals surface area contributed by atoms with E-state index in [1.807, 2.05) is 24.3 Å². The molecule has 1 amide bonds. The van der Waals surface area contributed by atoms with Crippen LogP contribution < -0.4 is 19.6 Å². The molecule has 12 heteroatoms. The molecule has 0 aliphatic carbocycles. The predicted molar refractivity (Wildman–Crippen MR) is 177 cm³/mol. The van der Waals surface area contributed by atoms with Gasteiger partial charge in [0.25, 0.3) is 0 Å². The van der Waals surface area contributed by atoms with Crippen LogP contribution in [0.3, 0.4) is 0 Å². The number of hydrogen-bond donors (Lipinski definition) is 2. The Kier molecular flexibility index (Phi) is 14.9. The molecule has 2 atom stereocenters. The van der Waals surface area contributed by atoms with Gasteiger partial charge in [-0.15, -0.1) is 4.41 Å². The maximum atomic E-state index is 11.9. The number of methoxy groups -OCH3 is 2. The molecule has 2 aromatic carbocycles. The second-order valence-corrected chi connectivity index (χ2v) is 13.8. The van der Waals surface area contributed by atoms with Gasteiger partial charge in [0.1, 0.15) is 22.8 Å². The second kappa shape index (κ2) is 18.3. The molecule has 11 nitrogen and oxygen atoms in total. The summed E-state index contributed by atoms with van der Waals surface area (Å²) in [5.74, 6) is 2.58. The minimum absolute atomic E-state index is 0.178. The quantitative estimate of drug-likeness (QED) is 0.0753. The molecule has 1 aliphatic heterocycles. The van der Waals surface area contributed by atoms with E-state index in [9.17, 15) is 13.2 Å². The molecule has 0 radical (unpaired) electrons. The van der Waals surface area contributed by atoms with Gasteiger partial charge in [-0.3, -0.25) is 0 Å². The van der Waals surface area contributed by atoms with E-state index in [0.717, 1.165) is 60.9 Å². The highest BCUT2D eigenvalue weighted by molar-refractivity contribution is 7.69. The number of nitrogens with one attached hydrogen (secondary N) is 1. The summed E-state index contributed by atoms with van der Waals surface area (Å²) in [7, 11) is 0.259. The predicted octanol–water partition coefficient (Wildman–Crippen LogP) is 6.47. The minimum atomic E-state index is -2.94. The van der Waals surface area contributed by atoms with E-state index in [4.69, 9.17) is 28.4 Å². The number of amides is 1. The number of benzene rings is 2. The zero-order chi connectivity index (χ0) is 33.6. The monoisotopic (exact) mass is 664 g/mol. The molecule has 0 saturated heterocycles. The molecule has 0 spiro atoms. The van der Waals surface area contributed by atoms with Gasteiger partial charge in [0.2, 0.25) is 10.9 Å². The van der Waals surface area contributed by atoms with Crippen molar-refractivity contribution in [1.82, 2.24) is 9.84 Å². The van der Waals surface area contributed by atoms with Crippen LogP contribution in [0.25, 0.3) is 0 Å². The van der Waals surface area contributed by atoms with Gasteiger partial charge in [-0.05, 0) is 62.9 Å². The molecule has 2 unspecified atom stereocenters. The van der Waals surface area contributed by atoms with Crippen molar-refractivity contribution >= 4 is 17.0 Å². The topological polar surface area (TPSA) is 122 Å². The molecular weight excluding hydrogens is 612 g/mol. The number of rotatable bonds is 19. The van der Waals surface area contributed by atoms with Gasteiger partial charge in [-0.25, -0.2) is 18.6 Å². The molecule has 46 heavy (non-hydrogen) atoms. The minimum Gasteiger partial charge on any atom is -0.492 e. The summed E-state index contributed by atoms with van der Waals surface area (Å²) in [4.78, 5) is 11.9. The lowest BCUT2D eigenvalue weighted by molar-refractivity contribution is 0.0429. The molecular formula is C34H52N2O9S. The van der Waals surface area contributed by atoms with Crippen LogP contribution in [0.1, 0.15) is 96.1 Å². The third-order valence-corrected chi connectivity index (χ3v) is 8.73. The summed E-state index contributed by atoms with van der Waals surface area (Å²) < 4.78 is 56.9.